The van der Waals surface area contributed by atoms with Gasteiger partial charge in [-0.15, -0.1) is 11.8 Å². The van der Waals surface area contributed by atoms with Crippen LogP contribution in [0.4, 0.5) is 0 Å². The maximum absolute atomic E-state index is 4.66. The monoisotopic (exact) mass is 292 g/mol. The second kappa shape index (κ2) is 8.68. The van der Waals surface area contributed by atoms with Crippen LogP contribution in [0.15, 0.2) is 23.2 Å². The molecule has 0 saturated heterocycles. The average molecular weight is 292 g/mol. The standard InChI is InChI=1S/C17H28N2S/c1-3-11-18-16(4-2)17-10-9-15(12-19-17)20-13-14-7-5-6-8-14/h9-10,12,14,16,18H,3-8,11,13H2,1-2H3. The Labute approximate surface area is 128 Å². The number of hydrogen-bond acceptors (Lipinski definition) is 3. The minimum atomic E-state index is 0.406. The van der Waals surface area contributed by atoms with Crippen LogP contribution in [0.1, 0.15) is 64.1 Å². The summed E-state index contributed by atoms with van der Waals surface area (Å²) in [6, 6.07) is 4.86. The first-order valence-corrected chi connectivity index (χ1v) is 9.14. The van der Waals surface area contributed by atoms with Crippen molar-refractivity contribution in [3.05, 3.63) is 24.0 Å². The molecule has 0 aliphatic heterocycles. The third-order valence-corrected chi connectivity index (χ3v) is 5.34. The van der Waals surface area contributed by atoms with E-state index in [1.165, 1.54) is 48.4 Å². The number of pyridine rings is 1. The molecule has 1 aromatic heterocycles. The van der Waals surface area contributed by atoms with Crippen molar-refractivity contribution in [3.8, 4) is 0 Å². The molecule has 0 aromatic carbocycles. The molecule has 1 aliphatic carbocycles. The molecule has 2 rings (SSSR count). The third kappa shape index (κ3) is 4.78. The zero-order chi connectivity index (χ0) is 14.2. The number of hydrogen-bond donors (Lipinski definition) is 1. The quantitative estimate of drug-likeness (QED) is 0.696. The zero-order valence-corrected chi connectivity index (χ0v) is 13.7. The fourth-order valence-electron chi connectivity index (χ4n) is 2.85. The van der Waals surface area contributed by atoms with Crippen molar-refractivity contribution in [1.29, 1.82) is 0 Å². The van der Waals surface area contributed by atoms with Crippen LogP contribution in [0, 0.1) is 5.92 Å². The lowest BCUT2D eigenvalue weighted by molar-refractivity contribution is 0.507. The SMILES string of the molecule is CCCNC(CC)c1ccc(SCC2CCCC2)cn1. The number of rotatable bonds is 8. The molecule has 1 unspecified atom stereocenters. The fraction of sp³-hybridized carbons (Fsp3) is 0.706. The third-order valence-electron chi connectivity index (χ3n) is 4.13. The predicted molar refractivity (Wildman–Crippen MR) is 88.2 cm³/mol. The average Bonchev–Trinajstić information content (AvgIpc) is 3.00. The summed E-state index contributed by atoms with van der Waals surface area (Å²) < 4.78 is 0. The lowest BCUT2D eigenvalue weighted by atomic mass is 10.1. The lowest BCUT2D eigenvalue weighted by Crippen LogP contribution is -2.22. The summed E-state index contributed by atoms with van der Waals surface area (Å²) in [4.78, 5) is 5.99. The van der Waals surface area contributed by atoms with Gasteiger partial charge < -0.3 is 5.32 Å². The smallest absolute Gasteiger partial charge is 0.0573 e. The van der Waals surface area contributed by atoms with Crippen molar-refractivity contribution in [2.24, 2.45) is 5.92 Å². The Hall–Kier alpha value is -0.540. The Balaban J connectivity index is 1.84. The van der Waals surface area contributed by atoms with Gasteiger partial charge in [0.25, 0.3) is 0 Å². The summed E-state index contributed by atoms with van der Waals surface area (Å²) in [5.74, 6) is 2.21. The second-order valence-corrected chi connectivity index (χ2v) is 6.89. The Bertz CT molecular complexity index is 371. The molecule has 1 aliphatic rings. The number of aromatic nitrogens is 1. The van der Waals surface area contributed by atoms with Crippen LogP contribution >= 0.6 is 11.8 Å². The molecule has 0 bridgehead atoms. The Kier molecular flexibility index (Phi) is 6.88. The minimum Gasteiger partial charge on any atom is -0.309 e. The Morgan fingerprint density at radius 3 is 2.70 bits per heavy atom. The van der Waals surface area contributed by atoms with E-state index in [-0.39, 0.29) is 0 Å². The van der Waals surface area contributed by atoms with Gasteiger partial charge in [-0.25, -0.2) is 0 Å². The molecular weight excluding hydrogens is 264 g/mol. The highest BCUT2D eigenvalue weighted by Gasteiger charge is 2.15. The first-order chi connectivity index (χ1) is 9.83. The summed E-state index contributed by atoms with van der Waals surface area (Å²) in [6.45, 7) is 5.49. The molecule has 2 nitrogen and oxygen atoms in total. The molecule has 112 valence electrons. The second-order valence-electron chi connectivity index (χ2n) is 5.80. The van der Waals surface area contributed by atoms with Crippen LogP contribution in [0.2, 0.25) is 0 Å². The van der Waals surface area contributed by atoms with E-state index in [9.17, 15) is 0 Å². The molecule has 1 N–H and O–H groups in total. The maximum Gasteiger partial charge on any atom is 0.0573 e. The van der Waals surface area contributed by atoms with Crippen LogP contribution in [-0.4, -0.2) is 17.3 Å². The normalized spacial score (nSPS) is 17.5. The fourth-order valence-corrected chi connectivity index (χ4v) is 3.90. The van der Waals surface area contributed by atoms with Crippen molar-refractivity contribution >= 4 is 11.8 Å². The van der Waals surface area contributed by atoms with Crippen LogP contribution in [0.25, 0.3) is 0 Å². The van der Waals surface area contributed by atoms with Gasteiger partial charge in [0, 0.05) is 22.9 Å². The van der Waals surface area contributed by atoms with Gasteiger partial charge in [0.1, 0.15) is 0 Å². The molecule has 1 fully saturated rings. The topological polar surface area (TPSA) is 24.9 Å². The van der Waals surface area contributed by atoms with Crippen molar-refractivity contribution in [3.63, 3.8) is 0 Å². The summed E-state index contributed by atoms with van der Waals surface area (Å²) in [7, 11) is 0. The van der Waals surface area contributed by atoms with Crippen LogP contribution < -0.4 is 5.32 Å². The van der Waals surface area contributed by atoms with Crippen molar-refractivity contribution in [2.45, 2.75) is 63.3 Å². The van der Waals surface area contributed by atoms with Crippen molar-refractivity contribution in [1.82, 2.24) is 10.3 Å². The van der Waals surface area contributed by atoms with E-state index in [1.54, 1.807) is 0 Å². The van der Waals surface area contributed by atoms with E-state index in [0.717, 1.165) is 18.9 Å². The van der Waals surface area contributed by atoms with E-state index in [1.807, 2.05) is 11.8 Å². The molecule has 20 heavy (non-hydrogen) atoms. The van der Waals surface area contributed by atoms with E-state index in [2.05, 4.69) is 42.5 Å². The van der Waals surface area contributed by atoms with Crippen molar-refractivity contribution in [2.75, 3.05) is 12.3 Å². The van der Waals surface area contributed by atoms with Crippen LogP contribution in [-0.2, 0) is 0 Å². The van der Waals surface area contributed by atoms with E-state index >= 15 is 0 Å². The molecule has 3 heteroatoms. The molecule has 1 aromatic rings. The molecule has 1 heterocycles. The molecule has 0 amide bonds. The van der Waals surface area contributed by atoms with Gasteiger partial charge in [-0.05, 0) is 50.3 Å². The Morgan fingerprint density at radius 2 is 2.10 bits per heavy atom. The van der Waals surface area contributed by atoms with Crippen LogP contribution in [0.3, 0.4) is 0 Å². The zero-order valence-electron chi connectivity index (χ0n) is 12.9. The molecular formula is C17H28N2S. The summed E-state index contributed by atoms with van der Waals surface area (Å²) in [5, 5.41) is 3.56. The van der Waals surface area contributed by atoms with Crippen LogP contribution in [0.5, 0.6) is 0 Å². The van der Waals surface area contributed by atoms with Gasteiger partial charge in [0.05, 0.1) is 5.69 Å². The molecule has 0 spiro atoms. The highest BCUT2D eigenvalue weighted by molar-refractivity contribution is 7.99. The lowest BCUT2D eigenvalue weighted by Gasteiger charge is -2.16. The molecule has 0 radical (unpaired) electrons. The summed E-state index contributed by atoms with van der Waals surface area (Å²) in [6.07, 6.45) is 10.1. The Morgan fingerprint density at radius 1 is 1.30 bits per heavy atom. The number of thioether (sulfide) groups is 1. The van der Waals surface area contributed by atoms with E-state index < -0.39 is 0 Å². The molecule has 1 atom stereocenters. The van der Waals surface area contributed by atoms with Gasteiger partial charge in [-0.2, -0.15) is 0 Å². The molecule has 1 saturated carbocycles. The van der Waals surface area contributed by atoms with Gasteiger partial charge in [0.2, 0.25) is 0 Å². The number of nitrogens with zero attached hydrogens (tertiary/aromatic N) is 1. The van der Waals surface area contributed by atoms with Crippen molar-refractivity contribution < 1.29 is 0 Å². The highest BCUT2D eigenvalue weighted by atomic mass is 32.2. The minimum absolute atomic E-state index is 0.406. The van der Waals surface area contributed by atoms with Gasteiger partial charge in [-0.1, -0.05) is 26.7 Å². The largest absolute Gasteiger partial charge is 0.309 e. The number of nitrogens with one attached hydrogen (secondary N) is 1. The highest BCUT2D eigenvalue weighted by Crippen LogP contribution is 2.31. The maximum atomic E-state index is 4.66. The van der Waals surface area contributed by atoms with E-state index in [0.29, 0.717) is 6.04 Å². The van der Waals surface area contributed by atoms with Gasteiger partial charge in [0.15, 0.2) is 0 Å². The van der Waals surface area contributed by atoms with Gasteiger partial charge in [-0.3, -0.25) is 4.98 Å². The first kappa shape index (κ1) is 15.8. The summed E-state index contributed by atoms with van der Waals surface area (Å²) >= 11 is 1.98. The predicted octanol–water partition coefficient (Wildman–Crippen LogP) is 4.81. The first-order valence-electron chi connectivity index (χ1n) is 8.15. The summed E-state index contributed by atoms with van der Waals surface area (Å²) in [5.41, 5.74) is 1.19. The van der Waals surface area contributed by atoms with Gasteiger partial charge >= 0.3 is 0 Å². The van der Waals surface area contributed by atoms with E-state index in [4.69, 9.17) is 0 Å².